The molecule has 2 amide bonds. The number of carbonyl (C=O) groups excluding carboxylic acids is 2. The van der Waals surface area contributed by atoms with Crippen LogP contribution in [0.1, 0.15) is 45.7 Å². The number of rotatable bonds is 10. The lowest BCUT2D eigenvalue weighted by molar-refractivity contribution is -0.140. The van der Waals surface area contributed by atoms with Gasteiger partial charge >= 0.3 is 0 Å². The average Bonchev–Trinajstić information content (AvgIpc) is 2.90. The van der Waals surface area contributed by atoms with Crippen LogP contribution in [0.5, 0.6) is 0 Å². The third-order valence-corrected chi connectivity index (χ3v) is 7.96. The van der Waals surface area contributed by atoms with Crippen molar-refractivity contribution in [1.29, 1.82) is 0 Å². The van der Waals surface area contributed by atoms with Crippen molar-refractivity contribution in [2.45, 2.75) is 64.1 Å². The minimum absolute atomic E-state index is 0.00745. The molecule has 3 aromatic carbocycles. The second-order valence-electron chi connectivity index (χ2n) is 10.4. The minimum atomic E-state index is -4.13. The van der Waals surface area contributed by atoms with E-state index in [9.17, 15) is 22.4 Å². The number of hydrogen-bond acceptors (Lipinski definition) is 4. The molecule has 0 spiro atoms. The zero-order valence-corrected chi connectivity index (χ0v) is 23.8. The van der Waals surface area contributed by atoms with E-state index in [2.05, 4.69) is 5.32 Å². The van der Waals surface area contributed by atoms with E-state index in [-0.39, 0.29) is 17.3 Å². The van der Waals surface area contributed by atoms with Crippen LogP contribution < -0.4 is 9.62 Å². The Hall–Kier alpha value is -3.72. The van der Waals surface area contributed by atoms with Crippen LogP contribution >= 0.6 is 0 Å². The number of amides is 2. The number of nitrogens with one attached hydrogen (secondary N) is 1. The molecule has 9 heteroatoms. The van der Waals surface area contributed by atoms with Gasteiger partial charge in [0, 0.05) is 12.1 Å². The van der Waals surface area contributed by atoms with E-state index >= 15 is 0 Å². The molecule has 0 bridgehead atoms. The standard InChI is InChI=1S/C30H36FN3O4S/c1-6-24-12-10-11-15-27(24)34(39(37,38)26-13-8-7-9-14-26)21-28(35)33(20-23-16-18-25(31)19-17-23)22(2)29(36)32-30(3,4)5/h7-19,22H,6,20-21H2,1-5H3,(H,32,36)/t22-/m0/s1. The summed E-state index contributed by atoms with van der Waals surface area (Å²) in [5.74, 6) is -1.38. The van der Waals surface area contributed by atoms with Crippen molar-refractivity contribution in [2.75, 3.05) is 10.8 Å². The third-order valence-electron chi connectivity index (χ3n) is 6.18. The molecule has 0 aliphatic heterocycles. The summed E-state index contributed by atoms with van der Waals surface area (Å²) in [6.07, 6.45) is 0.550. The quantitative estimate of drug-likeness (QED) is 0.386. The molecular formula is C30H36FN3O4S. The summed E-state index contributed by atoms with van der Waals surface area (Å²) in [6, 6.07) is 19.7. The van der Waals surface area contributed by atoms with Gasteiger partial charge in [-0.05, 0) is 75.6 Å². The molecule has 0 aliphatic carbocycles. The Morgan fingerprint density at radius 1 is 0.923 bits per heavy atom. The van der Waals surface area contributed by atoms with Crippen molar-refractivity contribution < 1.29 is 22.4 Å². The summed E-state index contributed by atoms with van der Waals surface area (Å²) in [4.78, 5) is 28.5. The molecular weight excluding hydrogens is 517 g/mol. The molecule has 0 saturated heterocycles. The number of anilines is 1. The Morgan fingerprint density at radius 3 is 2.10 bits per heavy atom. The summed E-state index contributed by atoms with van der Waals surface area (Å²) in [7, 11) is -4.13. The Kier molecular flexibility index (Phi) is 9.50. The number of para-hydroxylation sites is 1. The number of benzene rings is 3. The fourth-order valence-electron chi connectivity index (χ4n) is 4.13. The predicted molar refractivity (Wildman–Crippen MR) is 151 cm³/mol. The van der Waals surface area contributed by atoms with Gasteiger partial charge < -0.3 is 10.2 Å². The van der Waals surface area contributed by atoms with E-state index in [0.29, 0.717) is 17.7 Å². The highest BCUT2D eigenvalue weighted by atomic mass is 32.2. The summed E-state index contributed by atoms with van der Waals surface area (Å²) < 4.78 is 42.4. The fourth-order valence-corrected chi connectivity index (χ4v) is 5.60. The Balaban J connectivity index is 2.06. The molecule has 3 aromatic rings. The van der Waals surface area contributed by atoms with Crippen molar-refractivity contribution in [1.82, 2.24) is 10.2 Å². The van der Waals surface area contributed by atoms with E-state index in [1.807, 2.05) is 39.8 Å². The van der Waals surface area contributed by atoms with Gasteiger partial charge in [0.2, 0.25) is 11.8 Å². The van der Waals surface area contributed by atoms with E-state index < -0.39 is 39.9 Å². The molecule has 1 N–H and O–H groups in total. The maximum absolute atomic E-state index is 14.0. The van der Waals surface area contributed by atoms with Crippen LogP contribution in [0.4, 0.5) is 10.1 Å². The number of hydrogen-bond donors (Lipinski definition) is 1. The number of sulfonamides is 1. The van der Waals surface area contributed by atoms with Crippen molar-refractivity contribution in [2.24, 2.45) is 0 Å². The van der Waals surface area contributed by atoms with Crippen molar-refractivity contribution in [3.8, 4) is 0 Å². The zero-order chi connectivity index (χ0) is 28.8. The molecule has 0 unspecified atom stereocenters. The Bertz CT molecular complexity index is 1390. The van der Waals surface area contributed by atoms with Crippen LogP contribution in [0, 0.1) is 5.82 Å². The molecule has 0 heterocycles. The third kappa shape index (κ3) is 7.66. The number of halogens is 1. The molecule has 0 fully saturated rings. The summed E-state index contributed by atoms with van der Waals surface area (Å²) in [6.45, 7) is 8.47. The van der Waals surface area contributed by atoms with Crippen LogP contribution in [0.3, 0.4) is 0 Å². The zero-order valence-electron chi connectivity index (χ0n) is 23.0. The fraction of sp³-hybridized carbons (Fsp3) is 0.333. The molecule has 1 atom stereocenters. The second kappa shape index (κ2) is 12.4. The molecule has 7 nitrogen and oxygen atoms in total. The molecule has 208 valence electrons. The van der Waals surface area contributed by atoms with E-state index in [0.717, 1.165) is 9.87 Å². The summed E-state index contributed by atoms with van der Waals surface area (Å²) in [5.41, 5.74) is 1.21. The first-order valence-corrected chi connectivity index (χ1v) is 14.3. The first-order chi connectivity index (χ1) is 18.3. The average molecular weight is 554 g/mol. The van der Waals surface area contributed by atoms with Crippen LogP contribution in [0.2, 0.25) is 0 Å². The van der Waals surface area contributed by atoms with Gasteiger partial charge in [0.25, 0.3) is 10.0 Å². The number of nitrogens with zero attached hydrogens (tertiary/aromatic N) is 2. The van der Waals surface area contributed by atoms with Gasteiger partial charge in [-0.1, -0.05) is 55.5 Å². The monoisotopic (exact) mass is 553 g/mol. The van der Waals surface area contributed by atoms with Crippen LogP contribution in [-0.4, -0.2) is 43.3 Å². The molecule has 0 aromatic heterocycles. The van der Waals surface area contributed by atoms with Gasteiger partial charge in [-0.3, -0.25) is 13.9 Å². The predicted octanol–water partition coefficient (Wildman–Crippen LogP) is 4.92. The first-order valence-electron chi connectivity index (χ1n) is 12.8. The Labute approximate surface area is 230 Å². The van der Waals surface area contributed by atoms with Gasteiger partial charge in [-0.25, -0.2) is 12.8 Å². The van der Waals surface area contributed by atoms with E-state index in [1.54, 1.807) is 37.3 Å². The lowest BCUT2D eigenvalue weighted by Crippen LogP contribution is -2.54. The normalized spacial score (nSPS) is 12.5. The Morgan fingerprint density at radius 2 is 1.51 bits per heavy atom. The number of aryl methyl sites for hydroxylation is 1. The molecule has 3 rings (SSSR count). The van der Waals surface area contributed by atoms with E-state index in [4.69, 9.17) is 0 Å². The topological polar surface area (TPSA) is 86.8 Å². The van der Waals surface area contributed by atoms with Crippen molar-refractivity contribution in [3.05, 3.63) is 95.8 Å². The lowest BCUT2D eigenvalue weighted by atomic mass is 10.1. The summed E-state index contributed by atoms with van der Waals surface area (Å²) >= 11 is 0. The summed E-state index contributed by atoms with van der Waals surface area (Å²) in [5, 5.41) is 2.88. The van der Waals surface area contributed by atoms with Gasteiger partial charge in [0.15, 0.2) is 0 Å². The maximum Gasteiger partial charge on any atom is 0.264 e. The highest BCUT2D eigenvalue weighted by Gasteiger charge is 2.34. The molecule has 0 saturated carbocycles. The van der Waals surface area contributed by atoms with Crippen molar-refractivity contribution in [3.63, 3.8) is 0 Å². The SMILES string of the molecule is CCc1ccccc1N(CC(=O)N(Cc1ccc(F)cc1)[C@@H](C)C(=O)NC(C)(C)C)S(=O)(=O)c1ccccc1. The lowest BCUT2D eigenvalue weighted by Gasteiger charge is -2.34. The highest BCUT2D eigenvalue weighted by Crippen LogP contribution is 2.28. The van der Waals surface area contributed by atoms with Gasteiger partial charge in [0.05, 0.1) is 10.6 Å². The van der Waals surface area contributed by atoms with Crippen LogP contribution in [0.15, 0.2) is 83.8 Å². The first kappa shape index (κ1) is 29.8. The molecule has 39 heavy (non-hydrogen) atoms. The molecule has 0 aliphatic rings. The van der Waals surface area contributed by atoms with Gasteiger partial charge in [-0.2, -0.15) is 0 Å². The van der Waals surface area contributed by atoms with Crippen LogP contribution in [-0.2, 0) is 32.6 Å². The largest absolute Gasteiger partial charge is 0.350 e. The van der Waals surface area contributed by atoms with E-state index in [1.165, 1.54) is 41.3 Å². The van der Waals surface area contributed by atoms with Crippen LogP contribution in [0.25, 0.3) is 0 Å². The second-order valence-corrected chi connectivity index (χ2v) is 12.2. The molecule has 0 radical (unpaired) electrons. The minimum Gasteiger partial charge on any atom is -0.350 e. The smallest absolute Gasteiger partial charge is 0.264 e. The maximum atomic E-state index is 14.0. The number of carbonyl (C=O) groups is 2. The highest BCUT2D eigenvalue weighted by molar-refractivity contribution is 7.92. The van der Waals surface area contributed by atoms with Crippen molar-refractivity contribution >= 4 is 27.5 Å². The van der Waals surface area contributed by atoms with Gasteiger partial charge in [0.1, 0.15) is 18.4 Å². The van der Waals surface area contributed by atoms with Gasteiger partial charge in [-0.15, -0.1) is 0 Å².